The number of carbonyl (C=O) groups is 1. The van der Waals surface area contributed by atoms with Crippen molar-refractivity contribution < 1.29 is 14.6 Å². The number of ether oxygens (including phenoxy) is 1. The molecule has 0 spiro atoms. The zero-order chi connectivity index (χ0) is 13.4. The maximum atomic E-state index is 11.2. The van der Waals surface area contributed by atoms with Gasteiger partial charge in [0.05, 0.1) is 13.0 Å². The molecule has 0 saturated heterocycles. The summed E-state index contributed by atoms with van der Waals surface area (Å²) < 4.78 is 5.13. The Morgan fingerprint density at radius 1 is 1.56 bits per heavy atom. The molecule has 1 aromatic rings. The first-order valence-corrected chi connectivity index (χ1v) is 6.14. The first kappa shape index (κ1) is 14.3. The van der Waals surface area contributed by atoms with Gasteiger partial charge in [0, 0.05) is 0 Å². The zero-order valence-corrected chi connectivity index (χ0v) is 10.8. The highest BCUT2D eigenvalue weighted by atomic mass is 16.5. The molecular formula is C15H20O3. The topological polar surface area (TPSA) is 46.5 Å². The van der Waals surface area contributed by atoms with E-state index in [1.807, 2.05) is 30.3 Å². The second-order valence-corrected chi connectivity index (χ2v) is 4.31. The third kappa shape index (κ3) is 4.62. The third-order valence-corrected chi connectivity index (χ3v) is 2.93. The van der Waals surface area contributed by atoms with E-state index in [9.17, 15) is 9.90 Å². The number of aliphatic carboxylic acids is 1. The summed E-state index contributed by atoms with van der Waals surface area (Å²) in [5.41, 5.74) is 1.00. The van der Waals surface area contributed by atoms with Crippen LogP contribution in [0.25, 0.3) is 0 Å². The smallest absolute Gasteiger partial charge is 0.306 e. The van der Waals surface area contributed by atoms with Crippen molar-refractivity contribution in [2.45, 2.75) is 25.7 Å². The van der Waals surface area contributed by atoms with Gasteiger partial charge in [0.2, 0.25) is 0 Å². The molecule has 98 valence electrons. The molecule has 1 aromatic carbocycles. The van der Waals surface area contributed by atoms with Crippen molar-refractivity contribution in [2.24, 2.45) is 5.92 Å². The van der Waals surface area contributed by atoms with Crippen LogP contribution in [0.4, 0.5) is 0 Å². The maximum Gasteiger partial charge on any atom is 0.306 e. The number of benzene rings is 1. The molecule has 0 bridgehead atoms. The first-order valence-electron chi connectivity index (χ1n) is 6.14. The lowest BCUT2D eigenvalue weighted by atomic mass is 9.94. The van der Waals surface area contributed by atoms with E-state index in [1.165, 1.54) is 0 Å². The van der Waals surface area contributed by atoms with Crippen LogP contribution in [0.3, 0.4) is 0 Å². The fourth-order valence-corrected chi connectivity index (χ4v) is 1.91. The van der Waals surface area contributed by atoms with E-state index in [2.05, 4.69) is 6.58 Å². The molecule has 1 atom stereocenters. The number of unbranched alkanes of at least 4 members (excludes halogenated alkanes) is 1. The summed E-state index contributed by atoms with van der Waals surface area (Å²) in [6, 6.07) is 7.57. The Morgan fingerprint density at radius 3 is 2.94 bits per heavy atom. The Balaban J connectivity index is 2.64. The van der Waals surface area contributed by atoms with E-state index in [1.54, 1.807) is 7.11 Å². The van der Waals surface area contributed by atoms with Crippen LogP contribution in [-0.4, -0.2) is 18.2 Å². The lowest BCUT2D eigenvalue weighted by molar-refractivity contribution is -0.141. The quantitative estimate of drug-likeness (QED) is 0.567. The van der Waals surface area contributed by atoms with Crippen LogP contribution in [-0.2, 0) is 11.2 Å². The molecule has 0 aromatic heterocycles. The number of carboxylic acids is 1. The largest absolute Gasteiger partial charge is 0.497 e. The van der Waals surface area contributed by atoms with Crippen molar-refractivity contribution in [3.8, 4) is 5.75 Å². The number of allylic oxidation sites excluding steroid dienone is 1. The van der Waals surface area contributed by atoms with Gasteiger partial charge in [0.15, 0.2) is 0 Å². The van der Waals surface area contributed by atoms with Gasteiger partial charge in [-0.1, -0.05) is 18.2 Å². The monoisotopic (exact) mass is 248 g/mol. The second-order valence-electron chi connectivity index (χ2n) is 4.31. The van der Waals surface area contributed by atoms with Gasteiger partial charge in [-0.05, 0) is 43.4 Å². The Labute approximate surface area is 108 Å². The molecule has 0 heterocycles. The maximum absolute atomic E-state index is 11.2. The van der Waals surface area contributed by atoms with Crippen molar-refractivity contribution in [1.29, 1.82) is 0 Å². The van der Waals surface area contributed by atoms with E-state index >= 15 is 0 Å². The van der Waals surface area contributed by atoms with E-state index < -0.39 is 5.97 Å². The van der Waals surface area contributed by atoms with Gasteiger partial charge < -0.3 is 9.84 Å². The number of carboxylic acid groups (broad SMARTS) is 1. The van der Waals surface area contributed by atoms with Gasteiger partial charge in [-0.2, -0.15) is 0 Å². The molecule has 1 N–H and O–H groups in total. The molecule has 0 radical (unpaired) electrons. The van der Waals surface area contributed by atoms with E-state index in [0.29, 0.717) is 12.8 Å². The predicted octanol–water partition coefficient (Wildman–Crippen LogP) is 3.29. The summed E-state index contributed by atoms with van der Waals surface area (Å²) in [4.78, 5) is 11.2. The fraction of sp³-hybridized carbons (Fsp3) is 0.400. The Morgan fingerprint density at radius 2 is 2.33 bits per heavy atom. The van der Waals surface area contributed by atoms with E-state index in [-0.39, 0.29) is 5.92 Å². The van der Waals surface area contributed by atoms with Gasteiger partial charge in [0.1, 0.15) is 5.75 Å². The van der Waals surface area contributed by atoms with Crippen LogP contribution >= 0.6 is 0 Å². The average Bonchev–Trinajstić information content (AvgIpc) is 2.38. The van der Waals surface area contributed by atoms with E-state index in [0.717, 1.165) is 24.2 Å². The number of hydrogen-bond donors (Lipinski definition) is 1. The highest BCUT2D eigenvalue weighted by molar-refractivity contribution is 5.70. The lowest BCUT2D eigenvalue weighted by Gasteiger charge is -2.12. The van der Waals surface area contributed by atoms with Crippen LogP contribution in [0.1, 0.15) is 24.8 Å². The van der Waals surface area contributed by atoms with Crippen molar-refractivity contribution in [1.82, 2.24) is 0 Å². The molecule has 0 amide bonds. The molecule has 0 fully saturated rings. The summed E-state index contributed by atoms with van der Waals surface area (Å²) in [5.74, 6) is -0.304. The van der Waals surface area contributed by atoms with Crippen LogP contribution in [0, 0.1) is 5.92 Å². The molecule has 1 rings (SSSR count). The SMILES string of the molecule is C=CCCCC(Cc1cccc(OC)c1)C(=O)O. The van der Waals surface area contributed by atoms with Gasteiger partial charge >= 0.3 is 5.97 Å². The summed E-state index contributed by atoms with van der Waals surface area (Å²) in [6.45, 7) is 3.65. The summed E-state index contributed by atoms with van der Waals surface area (Å²) >= 11 is 0. The van der Waals surface area contributed by atoms with Gasteiger partial charge in [-0.3, -0.25) is 4.79 Å². The van der Waals surface area contributed by atoms with Gasteiger partial charge in [-0.25, -0.2) is 0 Å². The lowest BCUT2D eigenvalue weighted by Crippen LogP contribution is -2.16. The van der Waals surface area contributed by atoms with Crippen LogP contribution < -0.4 is 4.74 Å². The molecule has 0 saturated carbocycles. The molecule has 3 nitrogen and oxygen atoms in total. The molecule has 0 aliphatic heterocycles. The normalized spacial score (nSPS) is 11.8. The Hall–Kier alpha value is -1.77. The predicted molar refractivity (Wildman–Crippen MR) is 71.9 cm³/mol. The molecule has 3 heteroatoms. The van der Waals surface area contributed by atoms with Crippen molar-refractivity contribution in [3.05, 3.63) is 42.5 Å². The Kier molecular flexibility index (Phi) is 5.98. The summed E-state index contributed by atoms with van der Waals surface area (Å²) in [6.07, 6.45) is 4.78. The molecule has 18 heavy (non-hydrogen) atoms. The highest BCUT2D eigenvalue weighted by Gasteiger charge is 2.17. The fourth-order valence-electron chi connectivity index (χ4n) is 1.91. The molecular weight excluding hydrogens is 228 g/mol. The molecule has 0 aliphatic rings. The third-order valence-electron chi connectivity index (χ3n) is 2.93. The zero-order valence-electron chi connectivity index (χ0n) is 10.8. The minimum Gasteiger partial charge on any atom is -0.497 e. The van der Waals surface area contributed by atoms with Crippen LogP contribution in [0.5, 0.6) is 5.75 Å². The number of methoxy groups -OCH3 is 1. The first-order chi connectivity index (χ1) is 8.67. The Bertz CT molecular complexity index is 398. The van der Waals surface area contributed by atoms with Crippen molar-refractivity contribution in [2.75, 3.05) is 7.11 Å². The molecule has 1 unspecified atom stereocenters. The highest BCUT2D eigenvalue weighted by Crippen LogP contribution is 2.19. The number of rotatable bonds is 8. The summed E-state index contributed by atoms with van der Waals surface area (Å²) in [5, 5.41) is 9.20. The standard InChI is InChI=1S/C15H20O3/c1-3-4-5-8-13(15(16)17)10-12-7-6-9-14(11-12)18-2/h3,6-7,9,11,13H,1,4-5,8,10H2,2H3,(H,16,17). The van der Waals surface area contributed by atoms with Crippen molar-refractivity contribution in [3.63, 3.8) is 0 Å². The minimum absolute atomic E-state index is 0.336. The number of hydrogen-bond acceptors (Lipinski definition) is 2. The van der Waals surface area contributed by atoms with Gasteiger partial charge in [0.25, 0.3) is 0 Å². The van der Waals surface area contributed by atoms with Crippen LogP contribution in [0.2, 0.25) is 0 Å². The summed E-state index contributed by atoms with van der Waals surface area (Å²) in [7, 11) is 1.61. The van der Waals surface area contributed by atoms with E-state index in [4.69, 9.17) is 4.74 Å². The molecule has 0 aliphatic carbocycles. The average molecular weight is 248 g/mol. The second kappa shape index (κ2) is 7.54. The van der Waals surface area contributed by atoms with Crippen molar-refractivity contribution >= 4 is 5.97 Å². The minimum atomic E-state index is -0.734. The van der Waals surface area contributed by atoms with Crippen LogP contribution in [0.15, 0.2) is 36.9 Å². The van der Waals surface area contributed by atoms with Gasteiger partial charge in [-0.15, -0.1) is 6.58 Å².